The predicted molar refractivity (Wildman–Crippen MR) is 65.5 cm³/mol. The molecule has 0 heterocycles. The molecule has 1 aliphatic carbocycles. The SMILES string of the molecule is [C-]#[N+]CCC1(C)C(C)(C)C(C)(C)C1(C)C. The zero-order valence-corrected chi connectivity index (χ0v) is 11.4. The van der Waals surface area contributed by atoms with Crippen molar-refractivity contribution in [1.82, 2.24) is 0 Å². The van der Waals surface area contributed by atoms with Gasteiger partial charge in [0.15, 0.2) is 0 Å². The molecule has 0 aromatic carbocycles. The van der Waals surface area contributed by atoms with Gasteiger partial charge in [-0.15, -0.1) is 0 Å². The Morgan fingerprint density at radius 2 is 1.20 bits per heavy atom. The lowest BCUT2D eigenvalue weighted by Gasteiger charge is -2.77. The van der Waals surface area contributed by atoms with Crippen LogP contribution in [0, 0.1) is 28.2 Å². The molecule has 1 rings (SSSR count). The maximum atomic E-state index is 6.96. The van der Waals surface area contributed by atoms with Gasteiger partial charge in [0, 0.05) is 6.42 Å². The minimum atomic E-state index is 0.286. The molecule has 0 aromatic rings. The standard InChI is InChI=1S/C14H25N/c1-11(2)12(3,4)14(7,9-10-15-8)13(11,5)6/h9-10H2,1-7H3. The number of rotatable bonds is 2. The van der Waals surface area contributed by atoms with Gasteiger partial charge in [0.1, 0.15) is 0 Å². The van der Waals surface area contributed by atoms with Crippen LogP contribution in [0.15, 0.2) is 0 Å². The van der Waals surface area contributed by atoms with E-state index < -0.39 is 0 Å². The van der Waals surface area contributed by atoms with Crippen molar-refractivity contribution in [3.05, 3.63) is 11.4 Å². The van der Waals surface area contributed by atoms with Crippen LogP contribution in [0.1, 0.15) is 54.9 Å². The van der Waals surface area contributed by atoms with Crippen molar-refractivity contribution in [3.63, 3.8) is 0 Å². The van der Waals surface area contributed by atoms with Gasteiger partial charge in [0.2, 0.25) is 6.54 Å². The Kier molecular flexibility index (Phi) is 2.51. The van der Waals surface area contributed by atoms with Crippen molar-refractivity contribution in [1.29, 1.82) is 0 Å². The molecule has 0 bridgehead atoms. The van der Waals surface area contributed by atoms with Crippen molar-refractivity contribution in [2.75, 3.05) is 6.54 Å². The predicted octanol–water partition coefficient (Wildman–Crippen LogP) is 4.39. The molecule has 0 saturated heterocycles. The monoisotopic (exact) mass is 207 g/mol. The maximum Gasteiger partial charge on any atom is 0.215 e. The summed E-state index contributed by atoms with van der Waals surface area (Å²) < 4.78 is 0. The van der Waals surface area contributed by atoms with E-state index in [1.807, 2.05) is 0 Å². The third kappa shape index (κ3) is 1.09. The molecule has 0 radical (unpaired) electrons. The first-order valence-electron chi connectivity index (χ1n) is 5.89. The van der Waals surface area contributed by atoms with Crippen LogP contribution in [0.2, 0.25) is 0 Å². The van der Waals surface area contributed by atoms with E-state index in [1.165, 1.54) is 0 Å². The molecule has 1 saturated carbocycles. The minimum absolute atomic E-state index is 0.286. The summed E-state index contributed by atoms with van der Waals surface area (Å²) in [5.74, 6) is 0. The van der Waals surface area contributed by atoms with Gasteiger partial charge in [-0.25, -0.2) is 6.57 Å². The third-order valence-electron chi connectivity index (χ3n) is 6.61. The van der Waals surface area contributed by atoms with Crippen molar-refractivity contribution < 1.29 is 0 Å². The van der Waals surface area contributed by atoms with Crippen LogP contribution in [0.3, 0.4) is 0 Å². The minimum Gasteiger partial charge on any atom is -0.317 e. The molecule has 0 aromatic heterocycles. The molecule has 1 heteroatoms. The molecule has 0 amide bonds. The highest BCUT2D eigenvalue weighted by Crippen LogP contribution is 2.78. The van der Waals surface area contributed by atoms with Crippen LogP contribution in [0.25, 0.3) is 4.85 Å². The van der Waals surface area contributed by atoms with Gasteiger partial charge in [-0.2, -0.15) is 0 Å². The Bertz CT molecular complexity index is 284. The number of nitrogens with zero attached hydrogens (tertiary/aromatic N) is 1. The van der Waals surface area contributed by atoms with Crippen LogP contribution in [-0.2, 0) is 0 Å². The van der Waals surface area contributed by atoms with E-state index in [4.69, 9.17) is 6.57 Å². The van der Waals surface area contributed by atoms with Crippen LogP contribution in [0.4, 0.5) is 0 Å². The molecule has 0 atom stereocenters. The van der Waals surface area contributed by atoms with Gasteiger partial charge in [0.25, 0.3) is 0 Å². The quantitative estimate of drug-likeness (QED) is 0.591. The molecule has 0 spiro atoms. The number of hydrogen-bond acceptors (Lipinski definition) is 0. The zero-order chi connectivity index (χ0) is 12.1. The van der Waals surface area contributed by atoms with Gasteiger partial charge in [0.05, 0.1) is 0 Å². The summed E-state index contributed by atoms with van der Waals surface area (Å²) in [4.78, 5) is 3.53. The van der Waals surface area contributed by atoms with Crippen LogP contribution in [0.5, 0.6) is 0 Å². The van der Waals surface area contributed by atoms with Crippen molar-refractivity contribution >= 4 is 0 Å². The average Bonchev–Trinajstić information content (AvgIpc) is 2.12. The van der Waals surface area contributed by atoms with E-state index in [1.54, 1.807) is 0 Å². The molecule has 0 N–H and O–H groups in total. The van der Waals surface area contributed by atoms with E-state index in [0.717, 1.165) is 6.42 Å². The van der Waals surface area contributed by atoms with Gasteiger partial charge < -0.3 is 4.85 Å². The molecular formula is C14H25N. The molecule has 1 nitrogen and oxygen atoms in total. The Morgan fingerprint density at radius 3 is 1.53 bits per heavy atom. The van der Waals surface area contributed by atoms with Gasteiger partial charge in [-0.1, -0.05) is 48.5 Å². The highest BCUT2D eigenvalue weighted by Gasteiger charge is 2.73. The third-order valence-corrected chi connectivity index (χ3v) is 6.61. The highest BCUT2D eigenvalue weighted by molar-refractivity contribution is 5.21. The summed E-state index contributed by atoms with van der Waals surface area (Å²) in [5.41, 5.74) is 1.26. The average molecular weight is 207 g/mol. The second-order valence-corrected chi connectivity index (χ2v) is 6.84. The van der Waals surface area contributed by atoms with E-state index in [2.05, 4.69) is 53.3 Å². The summed E-state index contributed by atoms with van der Waals surface area (Å²) in [7, 11) is 0. The first-order chi connectivity index (χ1) is 6.56. The Labute approximate surface area is 95.1 Å². The van der Waals surface area contributed by atoms with E-state index in [-0.39, 0.29) is 5.41 Å². The Hall–Kier alpha value is -0.510. The summed E-state index contributed by atoms with van der Waals surface area (Å²) in [5, 5.41) is 0. The Morgan fingerprint density at radius 1 is 0.800 bits per heavy atom. The first kappa shape index (κ1) is 12.6. The fourth-order valence-electron chi connectivity index (χ4n) is 3.78. The van der Waals surface area contributed by atoms with Gasteiger partial charge >= 0.3 is 0 Å². The molecular weight excluding hydrogens is 182 g/mol. The normalized spacial score (nSPS) is 28.9. The van der Waals surface area contributed by atoms with E-state index in [9.17, 15) is 0 Å². The molecule has 86 valence electrons. The smallest absolute Gasteiger partial charge is 0.215 e. The number of hydrogen-bond donors (Lipinski definition) is 0. The Balaban J connectivity index is 3.07. The van der Waals surface area contributed by atoms with Gasteiger partial charge in [-0.3, -0.25) is 0 Å². The zero-order valence-electron chi connectivity index (χ0n) is 11.4. The van der Waals surface area contributed by atoms with Crippen LogP contribution >= 0.6 is 0 Å². The van der Waals surface area contributed by atoms with Crippen molar-refractivity contribution in [2.24, 2.45) is 21.7 Å². The van der Waals surface area contributed by atoms with Crippen molar-refractivity contribution in [3.8, 4) is 0 Å². The summed E-state index contributed by atoms with van der Waals surface area (Å²) >= 11 is 0. The lowest BCUT2D eigenvalue weighted by Crippen LogP contribution is -2.71. The topological polar surface area (TPSA) is 4.36 Å². The largest absolute Gasteiger partial charge is 0.317 e. The fourth-order valence-corrected chi connectivity index (χ4v) is 3.78. The molecule has 15 heavy (non-hydrogen) atoms. The van der Waals surface area contributed by atoms with E-state index in [0.29, 0.717) is 22.8 Å². The van der Waals surface area contributed by atoms with Gasteiger partial charge in [-0.05, 0) is 21.7 Å². The first-order valence-corrected chi connectivity index (χ1v) is 5.89. The highest BCUT2D eigenvalue weighted by atomic mass is 14.8. The molecule has 1 aliphatic rings. The molecule has 1 fully saturated rings. The lowest BCUT2D eigenvalue weighted by atomic mass is 9.27. The molecule has 0 aliphatic heterocycles. The van der Waals surface area contributed by atoms with Crippen LogP contribution < -0.4 is 0 Å². The second kappa shape index (κ2) is 3.00. The van der Waals surface area contributed by atoms with Crippen LogP contribution in [-0.4, -0.2) is 6.54 Å². The second-order valence-electron chi connectivity index (χ2n) is 6.84. The summed E-state index contributed by atoms with van der Waals surface area (Å²) in [6, 6.07) is 0. The van der Waals surface area contributed by atoms with Crippen molar-refractivity contribution in [2.45, 2.75) is 54.9 Å². The lowest BCUT2D eigenvalue weighted by molar-refractivity contribution is -0.293. The fraction of sp³-hybridized carbons (Fsp3) is 0.929. The van der Waals surface area contributed by atoms with E-state index >= 15 is 0 Å². The molecule has 0 unspecified atom stereocenters. The maximum absolute atomic E-state index is 6.96. The summed E-state index contributed by atoms with van der Waals surface area (Å²) in [6.45, 7) is 24.2. The summed E-state index contributed by atoms with van der Waals surface area (Å²) in [6.07, 6.45) is 1.03.